The first-order valence-electron chi connectivity index (χ1n) is 4.96. The molecule has 1 N–H and O–H groups in total. The monoisotopic (exact) mass is 337 g/mol. The Morgan fingerprint density at radius 1 is 1.59 bits per heavy atom. The molecule has 0 saturated heterocycles. The maximum Gasteiger partial charge on any atom is 0.252 e. The molecule has 1 aromatic carbocycles. The van der Waals surface area contributed by atoms with Gasteiger partial charge in [-0.25, -0.2) is 0 Å². The highest BCUT2D eigenvalue weighted by atomic mass is 79.9. The maximum atomic E-state index is 11.9. The standard InChI is InChI=1S/C11H13BrClNO2S/c1-7(6-17(2)16)14-11(15)9-4-3-8(13)5-10(9)12/h3-5,7H,6H2,1-2H3,(H,14,15). The summed E-state index contributed by atoms with van der Waals surface area (Å²) in [4.78, 5) is 11.9. The largest absolute Gasteiger partial charge is 0.349 e. The molecular formula is C11H13BrClNO2S. The van der Waals surface area contributed by atoms with Crippen LogP contribution in [0.3, 0.4) is 0 Å². The Morgan fingerprint density at radius 3 is 2.76 bits per heavy atom. The lowest BCUT2D eigenvalue weighted by Crippen LogP contribution is -2.36. The van der Waals surface area contributed by atoms with E-state index in [2.05, 4.69) is 21.2 Å². The zero-order chi connectivity index (χ0) is 13.0. The van der Waals surface area contributed by atoms with Gasteiger partial charge in [0.15, 0.2) is 0 Å². The summed E-state index contributed by atoms with van der Waals surface area (Å²) in [6.07, 6.45) is 1.61. The summed E-state index contributed by atoms with van der Waals surface area (Å²) < 4.78 is 11.7. The van der Waals surface area contributed by atoms with Crippen molar-refractivity contribution in [2.45, 2.75) is 13.0 Å². The van der Waals surface area contributed by atoms with Crippen LogP contribution in [0.25, 0.3) is 0 Å². The quantitative estimate of drug-likeness (QED) is 0.917. The number of halogens is 2. The molecule has 0 aliphatic carbocycles. The fourth-order valence-corrected chi connectivity index (χ4v) is 3.02. The average molecular weight is 339 g/mol. The van der Waals surface area contributed by atoms with Crippen LogP contribution in [0.2, 0.25) is 5.02 Å². The lowest BCUT2D eigenvalue weighted by atomic mass is 10.2. The van der Waals surface area contributed by atoms with Crippen LogP contribution >= 0.6 is 27.5 Å². The molecular weight excluding hydrogens is 326 g/mol. The number of hydrogen-bond acceptors (Lipinski definition) is 2. The molecule has 1 aromatic rings. The van der Waals surface area contributed by atoms with Crippen LogP contribution in [-0.2, 0) is 10.8 Å². The Bertz CT molecular complexity index is 453. The third-order valence-electron chi connectivity index (χ3n) is 2.04. The van der Waals surface area contributed by atoms with Gasteiger partial charge in [0.2, 0.25) is 0 Å². The Hall–Kier alpha value is -0.390. The molecule has 0 heterocycles. The van der Waals surface area contributed by atoms with Gasteiger partial charge in [-0.2, -0.15) is 0 Å². The zero-order valence-electron chi connectivity index (χ0n) is 9.50. The van der Waals surface area contributed by atoms with Gasteiger partial charge in [0, 0.05) is 38.3 Å². The predicted molar refractivity (Wildman–Crippen MR) is 75.0 cm³/mol. The third-order valence-corrected chi connectivity index (χ3v) is 3.90. The van der Waals surface area contributed by atoms with Gasteiger partial charge in [-0.3, -0.25) is 9.00 Å². The Kier molecular flexibility index (Phi) is 5.62. The molecule has 0 fully saturated rings. The summed E-state index contributed by atoms with van der Waals surface area (Å²) in [5, 5.41) is 3.35. The maximum absolute atomic E-state index is 11.9. The molecule has 0 saturated carbocycles. The van der Waals surface area contributed by atoms with Crippen LogP contribution in [0.5, 0.6) is 0 Å². The van der Waals surface area contributed by atoms with Gasteiger partial charge in [0.05, 0.1) is 5.56 Å². The second kappa shape index (κ2) is 6.52. The fourth-order valence-electron chi connectivity index (χ4n) is 1.37. The number of benzene rings is 1. The van der Waals surface area contributed by atoms with Gasteiger partial charge >= 0.3 is 0 Å². The Balaban J connectivity index is 2.73. The van der Waals surface area contributed by atoms with Crippen LogP contribution in [-0.4, -0.2) is 28.2 Å². The van der Waals surface area contributed by atoms with Crippen molar-refractivity contribution in [1.82, 2.24) is 5.32 Å². The normalized spacial score (nSPS) is 14.1. The van der Waals surface area contributed by atoms with Crippen LogP contribution in [0.15, 0.2) is 22.7 Å². The smallest absolute Gasteiger partial charge is 0.252 e. The van der Waals surface area contributed by atoms with E-state index in [-0.39, 0.29) is 11.9 Å². The van der Waals surface area contributed by atoms with Gasteiger partial charge in [0.25, 0.3) is 5.91 Å². The SMILES string of the molecule is CC(CS(C)=O)NC(=O)c1ccc(Cl)cc1Br. The molecule has 0 aromatic heterocycles. The van der Waals surface area contributed by atoms with Gasteiger partial charge in [-0.05, 0) is 41.1 Å². The first kappa shape index (κ1) is 14.7. The number of rotatable bonds is 4. The van der Waals surface area contributed by atoms with Crippen molar-refractivity contribution < 1.29 is 9.00 Å². The summed E-state index contributed by atoms with van der Waals surface area (Å²) in [6.45, 7) is 1.82. The van der Waals surface area contributed by atoms with Crippen LogP contribution in [0.1, 0.15) is 17.3 Å². The summed E-state index contributed by atoms with van der Waals surface area (Å²) in [5.74, 6) is 0.239. The molecule has 0 radical (unpaired) electrons. The van der Waals surface area contributed by atoms with E-state index in [0.29, 0.717) is 20.8 Å². The van der Waals surface area contributed by atoms with Crippen molar-refractivity contribution in [2.24, 2.45) is 0 Å². The minimum absolute atomic E-state index is 0.129. The van der Waals surface area contributed by atoms with Gasteiger partial charge < -0.3 is 5.32 Å². The van der Waals surface area contributed by atoms with E-state index in [4.69, 9.17) is 11.6 Å². The van der Waals surface area contributed by atoms with E-state index in [1.54, 1.807) is 24.5 Å². The van der Waals surface area contributed by atoms with Gasteiger partial charge in [0.1, 0.15) is 0 Å². The lowest BCUT2D eigenvalue weighted by Gasteiger charge is -2.13. The lowest BCUT2D eigenvalue weighted by molar-refractivity contribution is 0.0943. The number of nitrogens with one attached hydrogen (secondary N) is 1. The second-order valence-corrected chi connectivity index (χ2v) is 6.51. The van der Waals surface area contributed by atoms with E-state index in [1.165, 1.54) is 0 Å². The number of carbonyl (C=O) groups is 1. The fraction of sp³-hybridized carbons (Fsp3) is 0.364. The van der Waals surface area contributed by atoms with E-state index in [0.717, 1.165) is 0 Å². The van der Waals surface area contributed by atoms with Crippen molar-refractivity contribution in [2.75, 3.05) is 12.0 Å². The van der Waals surface area contributed by atoms with Crippen LogP contribution in [0.4, 0.5) is 0 Å². The van der Waals surface area contributed by atoms with E-state index >= 15 is 0 Å². The highest BCUT2D eigenvalue weighted by Crippen LogP contribution is 2.21. The molecule has 0 aliphatic heterocycles. The molecule has 2 atom stereocenters. The molecule has 3 nitrogen and oxygen atoms in total. The minimum atomic E-state index is -0.925. The number of carbonyl (C=O) groups excluding carboxylic acids is 1. The van der Waals surface area contributed by atoms with E-state index in [9.17, 15) is 9.00 Å². The molecule has 94 valence electrons. The summed E-state index contributed by atoms with van der Waals surface area (Å²) in [5.41, 5.74) is 0.517. The first-order chi connectivity index (χ1) is 7.90. The summed E-state index contributed by atoms with van der Waals surface area (Å²) in [6, 6.07) is 4.84. The topological polar surface area (TPSA) is 46.2 Å². The van der Waals surface area contributed by atoms with E-state index in [1.807, 2.05) is 6.92 Å². The molecule has 2 unspecified atom stereocenters. The van der Waals surface area contributed by atoms with Crippen molar-refractivity contribution in [3.05, 3.63) is 33.3 Å². The molecule has 0 bridgehead atoms. The zero-order valence-corrected chi connectivity index (χ0v) is 12.7. The highest BCUT2D eigenvalue weighted by molar-refractivity contribution is 9.10. The third kappa shape index (κ3) is 4.77. The van der Waals surface area contributed by atoms with E-state index < -0.39 is 10.8 Å². The van der Waals surface area contributed by atoms with Crippen molar-refractivity contribution in [3.8, 4) is 0 Å². The first-order valence-corrected chi connectivity index (χ1v) is 7.86. The molecule has 0 spiro atoms. The average Bonchev–Trinajstić information content (AvgIpc) is 2.15. The molecule has 1 amide bonds. The van der Waals surface area contributed by atoms with Crippen LogP contribution in [0, 0.1) is 0 Å². The Morgan fingerprint density at radius 2 is 2.24 bits per heavy atom. The number of hydrogen-bond donors (Lipinski definition) is 1. The van der Waals surface area contributed by atoms with Crippen molar-refractivity contribution in [1.29, 1.82) is 0 Å². The van der Waals surface area contributed by atoms with Crippen molar-refractivity contribution >= 4 is 44.2 Å². The number of amides is 1. The molecule has 17 heavy (non-hydrogen) atoms. The van der Waals surface area contributed by atoms with Crippen LogP contribution < -0.4 is 5.32 Å². The highest BCUT2D eigenvalue weighted by Gasteiger charge is 2.13. The van der Waals surface area contributed by atoms with Gasteiger partial charge in [-0.15, -0.1) is 0 Å². The molecule has 6 heteroatoms. The minimum Gasteiger partial charge on any atom is -0.349 e. The Labute approximate surface area is 117 Å². The summed E-state index contributed by atoms with van der Waals surface area (Å²) in [7, 11) is -0.925. The second-order valence-electron chi connectivity index (χ2n) is 3.74. The summed E-state index contributed by atoms with van der Waals surface area (Å²) >= 11 is 9.08. The molecule has 1 rings (SSSR count). The molecule has 0 aliphatic rings. The predicted octanol–water partition coefficient (Wildman–Crippen LogP) is 2.60. The van der Waals surface area contributed by atoms with Gasteiger partial charge in [-0.1, -0.05) is 11.6 Å². The van der Waals surface area contributed by atoms with Crippen molar-refractivity contribution in [3.63, 3.8) is 0 Å².